The minimum Gasteiger partial charge on any atom is -0.488 e. The summed E-state index contributed by atoms with van der Waals surface area (Å²) in [6.45, 7) is 0. The van der Waals surface area contributed by atoms with Crippen molar-refractivity contribution >= 4 is 40.6 Å². The zero-order chi connectivity index (χ0) is 20.3. The van der Waals surface area contributed by atoms with Gasteiger partial charge in [0.05, 0.1) is 28.7 Å². The van der Waals surface area contributed by atoms with Crippen LogP contribution in [0.1, 0.15) is 36.0 Å². The van der Waals surface area contributed by atoms with E-state index in [4.69, 9.17) is 32.7 Å². The largest absolute Gasteiger partial charge is 0.488 e. The lowest BCUT2D eigenvalue weighted by Gasteiger charge is -2.17. The highest BCUT2D eigenvalue weighted by molar-refractivity contribution is 6.43. The number of pyridine rings is 1. The van der Waals surface area contributed by atoms with E-state index in [1.165, 1.54) is 25.4 Å². The number of carbonyl (C=O) groups excluding carboxylic acids is 1. The zero-order valence-electron chi connectivity index (χ0n) is 14.9. The van der Waals surface area contributed by atoms with Crippen molar-refractivity contribution in [2.75, 3.05) is 12.4 Å². The standard InChI is InChI=1S/C18H17Cl2N3O5/c1-27-16-13(23(25)26)8-10(9-14(16)28-11-4-2-3-5-11)18(24)22-17-15(20)12(19)6-7-21-17/h6-9,11H,2-5H2,1H3,(H,21,22,24). The number of amides is 1. The van der Waals surface area contributed by atoms with Gasteiger partial charge < -0.3 is 14.8 Å². The van der Waals surface area contributed by atoms with Crippen molar-refractivity contribution in [3.05, 3.63) is 50.1 Å². The molecule has 3 rings (SSSR count). The van der Waals surface area contributed by atoms with Crippen LogP contribution in [0.4, 0.5) is 11.5 Å². The molecule has 10 heteroatoms. The lowest BCUT2D eigenvalue weighted by atomic mass is 10.1. The number of nitro groups is 1. The van der Waals surface area contributed by atoms with Gasteiger partial charge in [-0.15, -0.1) is 0 Å². The number of hydrogen-bond acceptors (Lipinski definition) is 6. The first-order valence-corrected chi connectivity index (χ1v) is 9.30. The number of ether oxygens (including phenoxy) is 2. The number of aromatic nitrogens is 1. The molecule has 0 unspecified atom stereocenters. The highest BCUT2D eigenvalue weighted by Crippen LogP contribution is 2.40. The highest BCUT2D eigenvalue weighted by Gasteiger charge is 2.27. The monoisotopic (exact) mass is 425 g/mol. The maximum Gasteiger partial charge on any atom is 0.315 e. The Labute approximate surface area is 170 Å². The summed E-state index contributed by atoms with van der Waals surface area (Å²) >= 11 is 12.0. The Balaban J connectivity index is 1.97. The number of nitrogens with zero attached hydrogens (tertiary/aromatic N) is 2. The number of halogens is 2. The maximum atomic E-state index is 12.7. The first-order chi connectivity index (χ1) is 13.4. The molecule has 148 valence electrons. The van der Waals surface area contributed by atoms with Crippen molar-refractivity contribution in [1.82, 2.24) is 4.98 Å². The Bertz CT molecular complexity index is 916. The molecule has 1 fully saturated rings. The highest BCUT2D eigenvalue weighted by atomic mass is 35.5. The van der Waals surface area contributed by atoms with Crippen LogP contribution in [0.3, 0.4) is 0 Å². The average molecular weight is 426 g/mol. The third-order valence-corrected chi connectivity index (χ3v) is 5.16. The van der Waals surface area contributed by atoms with E-state index in [1.54, 1.807) is 0 Å². The van der Waals surface area contributed by atoms with Gasteiger partial charge in [-0.1, -0.05) is 23.2 Å². The maximum absolute atomic E-state index is 12.7. The molecule has 1 aromatic carbocycles. The Morgan fingerprint density at radius 2 is 2.04 bits per heavy atom. The summed E-state index contributed by atoms with van der Waals surface area (Å²) in [7, 11) is 1.32. The van der Waals surface area contributed by atoms with Crippen molar-refractivity contribution in [2.45, 2.75) is 31.8 Å². The first kappa shape index (κ1) is 20.2. The lowest BCUT2D eigenvalue weighted by molar-refractivity contribution is -0.385. The van der Waals surface area contributed by atoms with Gasteiger partial charge in [-0.25, -0.2) is 4.98 Å². The number of hydrogen-bond donors (Lipinski definition) is 1. The quantitative estimate of drug-likeness (QED) is 0.522. The lowest BCUT2D eigenvalue weighted by Crippen LogP contribution is -2.16. The summed E-state index contributed by atoms with van der Waals surface area (Å²) in [6.07, 6.45) is 5.04. The van der Waals surface area contributed by atoms with Crippen LogP contribution in [0.2, 0.25) is 10.0 Å². The molecule has 2 aromatic rings. The normalized spacial score (nSPS) is 14.0. The number of methoxy groups -OCH3 is 1. The van der Waals surface area contributed by atoms with Crippen LogP contribution in [0.5, 0.6) is 11.5 Å². The molecule has 1 aliphatic rings. The molecule has 1 amide bonds. The minimum absolute atomic E-state index is 0.0124. The van der Waals surface area contributed by atoms with Crippen LogP contribution in [0, 0.1) is 10.1 Å². The predicted molar refractivity (Wildman–Crippen MR) is 105 cm³/mol. The second-order valence-electron chi connectivity index (χ2n) is 6.22. The fraction of sp³-hybridized carbons (Fsp3) is 0.333. The molecule has 0 bridgehead atoms. The number of anilines is 1. The molecule has 1 N–H and O–H groups in total. The third-order valence-electron chi connectivity index (χ3n) is 4.37. The molecular formula is C18H17Cl2N3O5. The summed E-state index contributed by atoms with van der Waals surface area (Å²) in [5.74, 6) is -0.458. The third kappa shape index (κ3) is 4.28. The van der Waals surface area contributed by atoms with Crippen LogP contribution in [0.15, 0.2) is 24.4 Å². The Morgan fingerprint density at radius 3 is 2.68 bits per heavy atom. The summed E-state index contributed by atoms with van der Waals surface area (Å²) in [4.78, 5) is 27.5. The fourth-order valence-corrected chi connectivity index (χ4v) is 3.32. The van der Waals surface area contributed by atoms with Crippen LogP contribution >= 0.6 is 23.2 Å². The van der Waals surface area contributed by atoms with Gasteiger partial charge in [0.2, 0.25) is 5.75 Å². The minimum atomic E-state index is -0.640. The molecule has 1 saturated carbocycles. The van der Waals surface area contributed by atoms with Crippen LogP contribution in [-0.2, 0) is 0 Å². The summed E-state index contributed by atoms with van der Waals surface area (Å²) in [6, 6.07) is 4.01. The average Bonchev–Trinajstić information content (AvgIpc) is 3.17. The van der Waals surface area contributed by atoms with Gasteiger partial charge >= 0.3 is 5.69 Å². The topological polar surface area (TPSA) is 104 Å². The molecule has 28 heavy (non-hydrogen) atoms. The second-order valence-corrected chi connectivity index (χ2v) is 7.00. The molecule has 1 aliphatic carbocycles. The van der Waals surface area contributed by atoms with Crippen molar-refractivity contribution < 1.29 is 19.2 Å². The summed E-state index contributed by atoms with van der Waals surface area (Å²) < 4.78 is 11.1. The van der Waals surface area contributed by atoms with Gasteiger partial charge in [0, 0.05) is 12.3 Å². The molecule has 1 aromatic heterocycles. The van der Waals surface area contributed by atoms with Crippen molar-refractivity contribution in [2.24, 2.45) is 0 Å². The van der Waals surface area contributed by atoms with Gasteiger partial charge in [-0.05, 0) is 37.8 Å². The molecule has 0 spiro atoms. The first-order valence-electron chi connectivity index (χ1n) is 8.55. The van der Waals surface area contributed by atoms with Crippen LogP contribution < -0.4 is 14.8 Å². The molecule has 0 atom stereocenters. The second kappa shape index (κ2) is 8.62. The Kier molecular flexibility index (Phi) is 6.21. The van der Waals surface area contributed by atoms with E-state index in [-0.39, 0.29) is 44.7 Å². The number of benzene rings is 1. The number of nitro benzene ring substituents is 1. The zero-order valence-corrected chi connectivity index (χ0v) is 16.4. The molecule has 8 nitrogen and oxygen atoms in total. The summed E-state index contributed by atoms with van der Waals surface area (Å²) in [5.41, 5.74) is -0.355. The van der Waals surface area contributed by atoms with E-state index < -0.39 is 10.8 Å². The van der Waals surface area contributed by atoms with E-state index in [0.29, 0.717) is 0 Å². The molecular weight excluding hydrogens is 409 g/mol. The van der Waals surface area contributed by atoms with E-state index >= 15 is 0 Å². The van der Waals surface area contributed by atoms with Gasteiger partial charge in [0.1, 0.15) is 5.02 Å². The van der Waals surface area contributed by atoms with Gasteiger partial charge in [0.15, 0.2) is 11.6 Å². The van der Waals surface area contributed by atoms with E-state index in [9.17, 15) is 14.9 Å². The van der Waals surface area contributed by atoms with E-state index in [1.807, 2.05) is 0 Å². The molecule has 0 aliphatic heterocycles. The Morgan fingerprint density at radius 1 is 1.32 bits per heavy atom. The number of rotatable bonds is 6. The van der Waals surface area contributed by atoms with Crippen molar-refractivity contribution in [1.29, 1.82) is 0 Å². The molecule has 0 radical (unpaired) electrons. The van der Waals surface area contributed by atoms with Gasteiger partial charge in [-0.2, -0.15) is 0 Å². The fourth-order valence-electron chi connectivity index (χ4n) is 3.02. The van der Waals surface area contributed by atoms with E-state index in [2.05, 4.69) is 10.3 Å². The number of carbonyl (C=O) groups is 1. The predicted octanol–water partition coefficient (Wildman–Crippen LogP) is 4.88. The summed E-state index contributed by atoms with van der Waals surface area (Å²) in [5, 5.41) is 14.3. The number of nitrogens with one attached hydrogen (secondary N) is 1. The van der Waals surface area contributed by atoms with Gasteiger partial charge in [-0.3, -0.25) is 14.9 Å². The van der Waals surface area contributed by atoms with Crippen molar-refractivity contribution in [3.63, 3.8) is 0 Å². The van der Waals surface area contributed by atoms with Crippen LogP contribution in [-0.4, -0.2) is 29.0 Å². The van der Waals surface area contributed by atoms with Crippen molar-refractivity contribution in [3.8, 4) is 11.5 Å². The van der Waals surface area contributed by atoms with Gasteiger partial charge in [0.25, 0.3) is 5.91 Å². The molecule has 1 heterocycles. The smallest absolute Gasteiger partial charge is 0.315 e. The van der Waals surface area contributed by atoms with E-state index in [0.717, 1.165) is 31.7 Å². The SMILES string of the molecule is COc1c(OC2CCCC2)cc(C(=O)Nc2nccc(Cl)c2Cl)cc1[N+](=O)[O-]. The van der Waals surface area contributed by atoms with Crippen LogP contribution in [0.25, 0.3) is 0 Å². The Hall–Kier alpha value is -2.58. The molecule has 0 saturated heterocycles.